The Bertz CT molecular complexity index is 383. The standard InChI is InChI=1S/C15H23FN2O/c1-2-18-5-3-12(4-6-18)10-17-11-13-7-14(16)9-15(19)8-13/h7-9,12,17,19H,2-6,10-11H2,1H3. The molecule has 0 saturated carbocycles. The van der Waals surface area contributed by atoms with Crippen LogP contribution >= 0.6 is 0 Å². The van der Waals surface area contributed by atoms with Crippen LogP contribution in [-0.4, -0.2) is 36.2 Å². The number of aromatic hydroxyl groups is 1. The van der Waals surface area contributed by atoms with Crippen LogP contribution in [0.5, 0.6) is 5.75 Å². The molecule has 0 amide bonds. The van der Waals surface area contributed by atoms with Gasteiger partial charge in [-0.1, -0.05) is 6.92 Å². The fourth-order valence-corrected chi connectivity index (χ4v) is 2.66. The van der Waals surface area contributed by atoms with Gasteiger partial charge in [-0.3, -0.25) is 0 Å². The van der Waals surface area contributed by atoms with Gasteiger partial charge in [0.15, 0.2) is 0 Å². The van der Waals surface area contributed by atoms with E-state index in [4.69, 9.17) is 0 Å². The quantitative estimate of drug-likeness (QED) is 0.859. The summed E-state index contributed by atoms with van der Waals surface area (Å²) in [6.07, 6.45) is 2.46. The molecule has 0 radical (unpaired) electrons. The molecule has 106 valence electrons. The van der Waals surface area contributed by atoms with Gasteiger partial charge in [0.1, 0.15) is 11.6 Å². The van der Waals surface area contributed by atoms with E-state index in [1.54, 1.807) is 6.07 Å². The highest BCUT2D eigenvalue weighted by Crippen LogP contribution is 2.17. The van der Waals surface area contributed by atoms with E-state index >= 15 is 0 Å². The lowest BCUT2D eigenvalue weighted by molar-refractivity contribution is 0.190. The fourth-order valence-electron chi connectivity index (χ4n) is 2.66. The summed E-state index contributed by atoms with van der Waals surface area (Å²) in [7, 11) is 0. The lowest BCUT2D eigenvalue weighted by Gasteiger charge is -2.31. The summed E-state index contributed by atoms with van der Waals surface area (Å²) < 4.78 is 13.1. The molecule has 0 atom stereocenters. The normalized spacial score (nSPS) is 17.8. The molecule has 0 aliphatic carbocycles. The number of rotatable bonds is 5. The monoisotopic (exact) mass is 266 g/mol. The number of hydrogen-bond acceptors (Lipinski definition) is 3. The van der Waals surface area contributed by atoms with Crippen molar-refractivity contribution in [1.29, 1.82) is 0 Å². The van der Waals surface area contributed by atoms with Crippen molar-refractivity contribution in [3.63, 3.8) is 0 Å². The van der Waals surface area contributed by atoms with Crippen LogP contribution in [-0.2, 0) is 6.54 Å². The predicted molar refractivity (Wildman–Crippen MR) is 74.6 cm³/mol. The van der Waals surface area contributed by atoms with E-state index in [1.165, 1.54) is 32.0 Å². The first-order valence-corrected chi connectivity index (χ1v) is 7.09. The Balaban J connectivity index is 1.72. The number of nitrogens with one attached hydrogen (secondary N) is 1. The average molecular weight is 266 g/mol. The van der Waals surface area contributed by atoms with E-state index < -0.39 is 0 Å². The van der Waals surface area contributed by atoms with Crippen molar-refractivity contribution < 1.29 is 9.50 Å². The predicted octanol–water partition coefficient (Wildman–Crippen LogP) is 2.35. The molecule has 1 heterocycles. The van der Waals surface area contributed by atoms with Crippen molar-refractivity contribution in [3.05, 3.63) is 29.6 Å². The second-order valence-corrected chi connectivity index (χ2v) is 5.33. The summed E-state index contributed by atoms with van der Waals surface area (Å²) in [5, 5.41) is 12.7. The van der Waals surface area contributed by atoms with Gasteiger partial charge >= 0.3 is 0 Å². The summed E-state index contributed by atoms with van der Waals surface area (Å²) in [5.41, 5.74) is 0.795. The van der Waals surface area contributed by atoms with Gasteiger partial charge in [0.05, 0.1) is 0 Å². The van der Waals surface area contributed by atoms with Crippen LogP contribution in [0.25, 0.3) is 0 Å². The topological polar surface area (TPSA) is 35.5 Å². The van der Waals surface area contributed by atoms with Crippen LogP contribution in [0.1, 0.15) is 25.3 Å². The number of hydrogen-bond donors (Lipinski definition) is 2. The first-order valence-electron chi connectivity index (χ1n) is 7.09. The molecule has 2 N–H and O–H groups in total. The lowest BCUT2D eigenvalue weighted by atomic mass is 9.97. The number of likely N-dealkylation sites (tertiary alicyclic amines) is 1. The van der Waals surface area contributed by atoms with Crippen molar-refractivity contribution in [2.45, 2.75) is 26.3 Å². The molecule has 0 bridgehead atoms. The van der Waals surface area contributed by atoms with Crippen molar-refractivity contribution >= 4 is 0 Å². The smallest absolute Gasteiger partial charge is 0.127 e. The maximum atomic E-state index is 13.1. The third-order valence-corrected chi connectivity index (χ3v) is 3.86. The van der Waals surface area contributed by atoms with E-state index in [1.807, 2.05) is 0 Å². The minimum absolute atomic E-state index is 0.00643. The van der Waals surface area contributed by atoms with Crippen molar-refractivity contribution in [1.82, 2.24) is 10.2 Å². The zero-order chi connectivity index (χ0) is 13.7. The molecule has 1 fully saturated rings. The van der Waals surface area contributed by atoms with Crippen molar-refractivity contribution in [2.75, 3.05) is 26.2 Å². The third kappa shape index (κ3) is 4.48. The van der Waals surface area contributed by atoms with Gasteiger partial charge in [-0.25, -0.2) is 4.39 Å². The van der Waals surface area contributed by atoms with E-state index in [0.29, 0.717) is 12.5 Å². The fraction of sp³-hybridized carbons (Fsp3) is 0.600. The first-order chi connectivity index (χ1) is 9.17. The van der Waals surface area contributed by atoms with Crippen LogP contribution in [0.4, 0.5) is 4.39 Å². The van der Waals surface area contributed by atoms with Gasteiger partial charge in [-0.2, -0.15) is 0 Å². The average Bonchev–Trinajstić information content (AvgIpc) is 2.38. The Hall–Kier alpha value is -1.13. The molecule has 1 aliphatic heterocycles. The van der Waals surface area contributed by atoms with E-state index in [9.17, 15) is 9.50 Å². The van der Waals surface area contributed by atoms with Crippen molar-refractivity contribution in [2.24, 2.45) is 5.92 Å². The maximum absolute atomic E-state index is 13.1. The number of phenolic OH excluding ortho intramolecular Hbond substituents is 1. The van der Waals surface area contributed by atoms with Gasteiger partial charge in [0.2, 0.25) is 0 Å². The largest absolute Gasteiger partial charge is 0.508 e. The van der Waals surface area contributed by atoms with E-state index in [0.717, 1.165) is 24.7 Å². The number of phenols is 1. The Morgan fingerprint density at radius 3 is 2.68 bits per heavy atom. The van der Waals surface area contributed by atoms with Gasteiger partial charge in [-0.15, -0.1) is 0 Å². The molecule has 0 unspecified atom stereocenters. The minimum Gasteiger partial charge on any atom is -0.508 e. The highest BCUT2D eigenvalue weighted by Gasteiger charge is 2.17. The molecular weight excluding hydrogens is 243 g/mol. The Morgan fingerprint density at radius 1 is 1.32 bits per heavy atom. The lowest BCUT2D eigenvalue weighted by Crippen LogP contribution is -2.36. The van der Waals surface area contributed by atoms with Crippen molar-refractivity contribution in [3.8, 4) is 5.75 Å². The van der Waals surface area contributed by atoms with Gasteiger partial charge in [-0.05, 0) is 62.6 Å². The van der Waals surface area contributed by atoms with Crippen LogP contribution in [0, 0.1) is 11.7 Å². The zero-order valence-corrected chi connectivity index (χ0v) is 11.5. The Kier molecular flexibility index (Phi) is 5.16. The molecule has 3 nitrogen and oxygen atoms in total. The van der Waals surface area contributed by atoms with E-state index in [2.05, 4.69) is 17.1 Å². The van der Waals surface area contributed by atoms with Crippen LogP contribution in [0.15, 0.2) is 18.2 Å². The number of piperidine rings is 1. The molecule has 4 heteroatoms. The molecule has 1 aliphatic rings. The van der Waals surface area contributed by atoms with Crippen LogP contribution < -0.4 is 5.32 Å². The molecule has 1 saturated heterocycles. The minimum atomic E-state index is -0.381. The Labute approximate surface area is 114 Å². The highest BCUT2D eigenvalue weighted by molar-refractivity contribution is 5.28. The maximum Gasteiger partial charge on any atom is 0.127 e. The molecule has 1 aromatic carbocycles. The second kappa shape index (κ2) is 6.87. The SMILES string of the molecule is CCN1CCC(CNCc2cc(O)cc(F)c2)CC1. The molecule has 2 rings (SSSR count). The molecule has 19 heavy (non-hydrogen) atoms. The Morgan fingerprint density at radius 2 is 2.05 bits per heavy atom. The van der Waals surface area contributed by atoms with Gasteiger partial charge in [0, 0.05) is 12.6 Å². The van der Waals surface area contributed by atoms with E-state index in [-0.39, 0.29) is 11.6 Å². The summed E-state index contributed by atoms with van der Waals surface area (Å²) >= 11 is 0. The first kappa shape index (κ1) is 14.3. The van der Waals surface area contributed by atoms with Gasteiger partial charge in [0.25, 0.3) is 0 Å². The summed E-state index contributed by atoms with van der Waals surface area (Å²) in [6.45, 7) is 7.29. The number of benzene rings is 1. The molecule has 0 aromatic heterocycles. The highest BCUT2D eigenvalue weighted by atomic mass is 19.1. The summed E-state index contributed by atoms with van der Waals surface area (Å²) in [6, 6.07) is 4.20. The summed E-state index contributed by atoms with van der Waals surface area (Å²) in [4.78, 5) is 2.47. The number of nitrogens with zero attached hydrogens (tertiary/aromatic N) is 1. The molecule has 1 aromatic rings. The van der Waals surface area contributed by atoms with Crippen LogP contribution in [0.2, 0.25) is 0 Å². The zero-order valence-electron chi connectivity index (χ0n) is 11.5. The number of halogens is 1. The molecule has 0 spiro atoms. The molecular formula is C15H23FN2O. The van der Waals surface area contributed by atoms with Gasteiger partial charge < -0.3 is 15.3 Å². The third-order valence-electron chi connectivity index (χ3n) is 3.86. The van der Waals surface area contributed by atoms with Crippen LogP contribution in [0.3, 0.4) is 0 Å². The second-order valence-electron chi connectivity index (χ2n) is 5.33. The summed E-state index contributed by atoms with van der Waals surface area (Å²) in [5.74, 6) is 0.325.